The van der Waals surface area contributed by atoms with Crippen molar-refractivity contribution >= 4 is 38.6 Å². The van der Waals surface area contributed by atoms with Crippen LogP contribution in [-0.2, 0) is 7.05 Å². The van der Waals surface area contributed by atoms with Gasteiger partial charge in [0.2, 0.25) is 5.43 Å². The zero-order valence-electron chi connectivity index (χ0n) is 17.0. The Labute approximate surface area is 177 Å². The second kappa shape index (κ2) is 6.40. The molecule has 0 radical (unpaired) electrons. The fourth-order valence-electron chi connectivity index (χ4n) is 4.30. The first-order valence-corrected chi connectivity index (χ1v) is 10.0. The second-order valence-corrected chi connectivity index (χ2v) is 7.53. The standard InChI is InChI=1S/C25H18N4O2/c1-28-19-9-5-3-7-17(19)22(30)21-24(28)27-23(15-11-13-16(31-2)14-12-15)29-20-10-6-4-8-18(20)26-25(21)29/h3-14H,1-2H3. The van der Waals surface area contributed by atoms with E-state index in [9.17, 15) is 4.79 Å². The number of aryl methyl sites for hydroxylation is 1. The maximum atomic E-state index is 13.5. The first-order chi connectivity index (χ1) is 15.2. The Hall–Kier alpha value is -4.19. The number of pyridine rings is 1. The van der Waals surface area contributed by atoms with Crippen LogP contribution >= 0.6 is 0 Å². The minimum atomic E-state index is -0.0576. The predicted molar refractivity (Wildman–Crippen MR) is 123 cm³/mol. The number of aromatic nitrogens is 4. The highest BCUT2D eigenvalue weighted by Gasteiger charge is 2.20. The molecule has 0 amide bonds. The molecule has 3 aromatic heterocycles. The molecule has 0 unspecified atom stereocenters. The summed E-state index contributed by atoms with van der Waals surface area (Å²) >= 11 is 0. The van der Waals surface area contributed by atoms with Gasteiger partial charge in [-0.1, -0.05) is 24.3 Å². The van der Waals surface area contributed by atoms with Crippen LogP contribution in [0.25, 0.3) is 50.0 Å². The zero-order valence-corrected chi connectivity index (χ0v) is 17.0. The molecule has 6 aromatic rings. The number of fused-ring (bicyclic) bond motifs is 6. The highest BCUT2D eigenvalue weighted by Crippen LogP contribution is 2.30. The van der Waals surface area contributed by atoms with Gasteiger partial charge in [-0.05, 0) is 48.5 Å². The lowest BCUT2D eigenvalue weighted by molar-refractivity contribution is 0.415. The molecule has 3 aromatic carbocycles. The van der Waals surface area contributed by atoms with E-state index >= 15 is 0 Å². The molecule has 0 fully saturated rings. The first-order valence-electron chi connectivity index (χ1n) is 10.0. The summed E-state index contributed by atoms with van der Waals surface area (Å²) in [5.41, 5.74) is 4.65. The molecule has 0 aliphatic heterocycles. The largest absolute Gasteiger partial charge is 0.497 e. The number of rotatable bonds is 2. The van der Waals surface area contributed by atoms with E-state index in [1.165, 1.54) is 0 Å². The monoisotopic (exact) mass is 406 g/mol. The van der Waals surface area contributed by atoms with E-state index in [1.54, 1.807) is 7.11 Å². The third-order valence-electron chi connectivity index (χ3n) is 5.83. The van der Waals surface area contributed by atoms with Crippen LogP contribution in [0.1, 0.15) is 0 Å². The molecule has 0 spiro atoms. The second-order valence-electron chi connectivity index (χ2n) is 7.53. The van der Waals surface area contributed by atoms with Crippen molar-refractivity contribution in [1.82, 2.24) is 18.9 Å². The molecule has 0 N–H and O–H groups in total. The fourth-order valence-corrected chi connectivity index (χ4v) is 4.30. The molecule has 0 saturated heterocycles. The average molecular weight is 406 g/mol. The molecule has 0 atom stereocenters. The van der Waals surface area contributed by atoms with E-state index in [2.05, 4.69) is 0 Å². The third kappa shape index (κ3) is 2.42. The van der Waals surface area contributed by atoms with Gasteiger partial charge >= 0.3 is 0 Å². The summed E-state index contributed by atoms with van der Waals surface area (Å²) in [5.74, 6) is 1.50. The first kappa shape index (κ1) is 17.7. The summed E-state index contributed by atoms with van der Waals surface area (Å²) in [5, 5.41) is 1.18. The topological polar surface area (TPSA) is 61.4 Å². The normalized spacial score (nSPS) is 11.7. The number of hydrogen-bond donors (Lipinski definition) is 0. The van der Waals surface area contributed by atoms with Crippen LogP contribution in [0.2, 0.25) is 0 Å². The molecular weight excluding hydrogens is 388 g/mol. The molecule has 6 heteroatoms. The number of hydrogen-bond acceptors (Lipinski definition) is 4. The van der Waals surface area contributed by atoms with Gasteiger partial charge in [0.15, 0.2) is 5.65 Å². The molecule has 0 aliphatic carbocycles. The van der Waals surface area contributed by atoms with Crippen molar-refractivity contribution in [2.24, 2.45) is 7.05 Å². The van der Waals surface area contributed by atoms with Crippen LogP contribution in [0.5, 0.6) is 5.75 Å². The van der Waals surface area contributed by atoms with Gasteiger partial charge in [0.1, 0.15) is 22.6 Å². The van der Waals surface area contributed by atoms with Crippen molar-refractivity contribution in [3.63, 3.8) is 0 Å². The Balaban J connectivity index is 1.87. The number of imidazole rings is 1. The number of para-hydroxylation sites is 3. The molecule has 31 heavy (non-hydrogen) atoms. The predicted octanol–water partition coefficient (Wildman–Crippen LogP) is 4.56. The molecule has 0 bridgehead atoms. The summed E-state index contributed by atoms with van der Waals surface area (Å²) in [6.45, 7) is 0. The lowest BCUT2D eigenvalue weighted by Crippen LogP contribution is -2.13. The molecule has 3 heterocycles. The molecule has 6 nitrogen and oxygen atoms in total. The number of methoxy groups -OCH3 is 1. The summed E-state index contributed by atoms with van der Waals surface area (Å²) < 4.78 is 9.27. The summed E-state index contributed by atoms with van der Waals surface area (Å²) in [7, 11) is 3.58. The van der Waals surface area contributed by atoms with Crippen molar-refractivity contribution in [3.05, 3.63) is 83.0 Å². The highest BCUT2D eigenvalue weighted by atomic mass is 16.5. The van der Waals surface area contributed by atoms with Gasteiger partial charge in [-0.2, -0.15) is 0 Å². The van der Waals surface area contributed by atoms with Crippen molar-refractivity contribution in [2.45, 2.75) is 0 Å². The Morgan fingerprint density at radius 1 is 0.806 bits per heavy atom. The number of benzene rings is 3. The van der Waals surface area contributed by atoms with Crippen LogP contribution in [0.4, 0.5) is 0 Å². The zero-order chi connectivity index (χ0) is 21.1. The molecule has 0 saturated carbocycles. The molecule has 6 rings (SSSR count). The van der Waals surface area contributed by atoms with Gasteiger partial charge in [0.25, 0.3) is 0 Å². The average Bonchev–Trinajstić information content (AvgIpc) is 3.21. The van der Waals surface area contributed by atoms with Crippen molar-refractivity contribution in [2.75, 3.05) is 7.11 Å². The Kier molecular flexibility index (Phi) is 3.65. The van der Waals surface area contributed by atoms with Crippen LogP contribution in [0, 0.1) is 0 Å². The van der Waals surface area contributed by atoms with Gasteiger partial charge in [-0.3, -0.25) is 9.20 Å². The van der Waals surface area contributed by atoms with Crippen LogP contribution in [0.3, 0.4) is 0 Å². The van der Waals surface area contributed by atoms with E-state index in [0.29, 0.717) is 22.1 Å². The van der Waals surface area contributed by atoms with Gasteiger partial charge in [-0.25, -0.2) is 9.97 Å². The van der Waals surface area contributed by atoms with Gasteiger partial charge in [-0.15, -0.1) is 0 Å². The van der Waals surface area contributed by atoms with Crippen molar-refractivity contribution < 1.29 is 4.74 Å². The smallest absolute Gasteiger partial charge is 0.202 e. The minimum absolute atomic E-state index is 0.0576. The minimum Gasteiger partial charge on any atom is -0.497 e. The maximum Gasteiger partial charge on any atom is 0.202 e. The Morgan fingerprint density at radius 3 is 2.29 bits per heavy atom. The van der Waals surface area contributed by atoms with E-state index < -0.39 is 0 Å². The lowest BCUT2D eigenvalue weighted by atomic mass is 10.1. The van der Waals surface area contributed by atoms with Crippen LogP contribution in [0.15, 0.2) is 77.6 Å². The fraction of sp³-hybridized carbons (Fsp3) is 0.0800. The summed E-state index contributed by atoms with van der Waals surface area (Å²) in [4.78, 5) is 23.4. The lowest BCUT2D eigenvalue weighted by Gasteiger charge is -2.13. The Bertz CT molecular complexity index is 1700. The highest BCUT2D eigenvalue weighted by molar-refractivity contribution is 6.02. The maximum absolute atomic E-state index is 13.5. The molecule has 150 valence electrons. The van der Waals surface area contributed by atoms with Crippen LogP contribution in [-0.4, -0.2) is 26.0 Å². The molecule has 0 aliphatic rings. The third-order valence-corrected chi connectivity index (χ3v) is 5.83. The van der Waals surface area contributed by atoms with E-state index in [0.717, 1.165) is 33.7 Å². The Morgan fingerprint density at radius 2 is 1.52 bits per heavy atom. The van der Waals surface area contributed by atoms with Gasteiger partial charge in [0.05, 0.1) is 23.7 Å². The number of ether oxygens (including phenoxy) is 1. The van der Waals surface area contributed by atoms with Crippen LogP contribution < -0.4 is 10.2 Å². The SMILES string of the molecule is COc1ccc(-c2nc3c(c(=O)c4ccccc4n3C)c3nc4ccccc4n23)cc1. The van der Waals surface area contributed by atoms with E-state index in [-0.39, 0.29) is 5.43 Å². The van der Waals surface area contributed by atoms with Crippen molar-refractivity contribution in [3.8, 4) is 17.1 Å². The van der Waals surface area contributed by atoms with E-state index in [1.807, 2.05) is 88.8 Å². The summed E-state index contributed by atoms with van der Waals surface area (Å²) in [6, 6.07) is 23.2. The van der Waals surface area contributed by atoms with Crippen molar-refractivity contribution in [1.29, 1.82) is 0 Å². The number of nitrogens with zero attached hydrogens (tertiary/aromatic N) is 4. The quantitative estimate of drug-likeness (QED) is 0.396. The van der Waals surface area contributed by atoms with Gasteiger partial charge in [0, 0.05) is 18.0 Å². The van der Waals surface area contributed by atoms with Gasteiger partial charge < -0.3 is 9.30 Å². The molecular formula is C25H18N4O2. The summed E-state index contributed by atoms with van der Waals surface area (Å²) in [6.07, 6.45) is 0. The van der Waals surface area contributed by atoms with E-state index in [4.69, 9.17) is 14.7 Å².